The summed E-state index contributed by atoms with van der Waals surface area (Å²) in [5, 5.41) is 2.64. The van der Waals surface area contributed by atoms with Crippen LogP contribution in [0, 0.1) is 17.8 Å². The number of nitrogens with zero attached hydrogens (tertiary/aromatic N) is 2. The van der Waals surface area contributed by atoms with Crippen molar-refractivity contribution in [3.63, 3.8) is 0 Å². The van der Waals surface area contributed by atoms with Crippen molar-refractivity contribution in [1.29, 1.82) is 0 Å². The quantitative estimate of drug-likeness (QED) is 0.212. The highest BCUT2D eigenvalue weighted by atomic mass is 28.3. The standard InChI is InChI=1S/C41H52N2Si/c1-26-22-27-23-33-29-21-20-28(42-36-18-14-12-16-30(36)31-17-13-15-19-37(31)42)24-34(29)41(8,9)35(33)25-32(27)38(26)44(10,11)43(39(2,3)4)40(5,6)7/h12-21,23-27,32,38H,22H2,1-11H3. The summed E-state index contributed by atoms with van der Waals surface area (Å²) in [4.78, 5) is 0. The zero-order chi connectivity index (χ0) is 31.6. The van der Waals surface area contributed by atoms with Crippen molar-refractivity contribution < 1.29 is 0 Å². The molecule has 3 heteroatoms. The van der Waals surface area contributed by atoms with Crippen LogP contribution in [-0.4, -0.2) is 28.4 Å². The van der Waals surface area contributed by atoms with E-state index in [4.69, 9.17) is 0 Å². The molecule has 1 fully saturated rings. The molecule has 0 amide bonds. The Kier molecular flexibility index (Phi) is 6.48. The van der Waals surface area contributed by atoms with E-state index >= 15 is 0 Å². The highest BCUT2D eigenvalue weighted by molar-refractivity contribution is 6.76. The molecule has 0 N–H and O–H groups in total. The Morgan fingerprint density at radius 1 is 0.795 bits per heavy atom. The maximum atomic E-state index is 2.96. The fourth-order valence-corrected chi connectivity index (χ4v) is 17.5. The lowest BCUT2D eigenvalue weighted by molar-refractivity contribution is 0.121. The van der Waals surface area contributed by atoms with Crippen LogP contribution in [0.4, 0.5) is 0 Å². The molecular formula is C41H52N2Si. The first-order chi connectivity index (χ1) is 20.5. The van der Waals surface area contributed by atoms with Gasteiger partial charge in [-0.25, -0.2) is 0 Å². The van der Waals surface area contributed by atoms with Crippen molar-refractivity contribution in [3.05, 3.63) is 95.6 Å². The molecule has 1 heterocycles. The summed E-state index contributed by atoms with van der Waals surface area (Å²) < 4.78 is 5.43. The van der Waals surface area contributed by atoms with Crippen molar-refractivity contribution in [2.24, 2.45) is 17.8 Å². The first-order valence-electron chi connectivity index (χ1n) is 16.9. The summed E-state index contributed by atoms with van der Waals surface area (Å²) >= 11 is 0. The average molecular weight is 601 g/mol. The number of fused-ring (bicyclic) bond motifs is 7. The van der Waals surface area contributed by atoms with E-state index in [1.54, 1.807) is 5.57 Å². The van der Waals surface area contributed by atoms with Crippen molar-refractivity contribution in [2.75, 3.05) is 0 Å². The molecule has 0 spiro atoms. The Morgan fingerprint density at radius 3 is 1.93 bits per heavy atom. The van der Waals surface area contributed by atoms with E-state index in [-0.39, 0.29) is 16.5 Å². The van der Waals surface area contributed by atoms with Crippen LogP contribution in [0.1, 0.15) is 79.9 Å². The highest BCUT2D eigenvalue weighted by Crippen LogP contribution is 2.61. The number of hydrogen-bond donors (Lipinski definition) is 0. The molecule has 7 rings (SSSR count). The minimum absolute atomic E-state index is 0.0310. The highest BCUT2D eigenvalue weighted by Gasteiger charge is 2.56. The Balaban J connectivity index is 1.34. The van der Waals surface area contributed by atoms with Gasteiger partial charge in [0.05, 0.1) is 11.0 Å². The van der Waals surface area contributed by atoms with Gasteiger partial charge in [0.15, 0.2) is 0 Å². The molecule has 0 bridgehead atoms. The van der Waals surface area contributed by atoms with Crippen molar-refractivity contribution in [2.45, 2.75) is 104 Å². The van der Waals surface area contributed by atoms with E-state index in [1.165, 1.54) is 50.6 Å². The molecule has 3 aromatic carbocycles. The van der Waals surface area contributed by atoms with Gasteiger partial charge in [0.2, 0.25) is 0 Å². The molecule has 0 aliphatic heterocycles. The van der Waals surface area contributed by atoms with Crippen LogP contribution < -0.4 is 0 Å². The zero-order valence-electron chi connectivity index (χ0n) is 28.9. The maximum absolute atomic E-state index is 2.96. The molecule has 230 valence electrons. The molecule has 4 unspecified atom stereocenters. The average Bonchev–Trinajstić information content (AvgIpc) is 3.50. The summed E-state index contributed by atoms with van der Waals surface area (Å²) in [7, 11) is -1.85. The van der Waals surface area contributed by atoms with Crippen LogP contribution in [0.3, 0.4) is 0 Å². The van der Waals surface area contributed by atoms with Crippen LogP contribution >= 0.6 is 0 Å². The Hall–Kier alpha value is -2.88. The molecule has 2 nitrogen and oxygen atoms in total. The van der Waals surface area contributed by atoms with E-state index in [0.717, 1.165) is 11.5 Å². The predicted octanol–water partition coefficient (Wildman–Crippen LogP) is 11.1. The normalized spacial score (nSPS) is 24.8. The van der Waals surface area contributed by atoms with Gasteiger partial charge in [0.25, 0.3) is 0 Å². The molecule has 4 atom stereocenters. The van der Waals surface area contributed by atoms with Gasteiger partial charge >= 0.3 is 0 Å². The summed E-state index contributed by atoms with van der Waals surface area (Å²) in [6.45, 7) is 27.5. The molecule has 0 radical (unpaired) electrons. The monoisotopic (exact) mass is 600 g/mol. The number of benzene rings is 3. The molecule has 1 aromatic heterocycles. The topological polar surface area (TPSA) is 8.17 Å². The molecule has 3 aliphatic carbocycles. The number of rotatable bonds is 3. The van der Waals surface area contributed by atoms with E-state index in [0.29, 0.717) is 11.8 Å². The number of aromatic nitrogens is 1. The molecule has 0 saturated heterocycles. The lowest BCUT2D eigenvalue weighted by atomic mass is 9.76. The summed E-state index contributed by atoms with van der Waals surface area (Å²) in [5.74, 6) is 1.97. The minimum Gasteiger partial charge on any atom is -0.314 e. The van der Waals surface area contributed by atoms with Crippen LogP contribution in [0.15, 0.2) is 84.5 Å². The zero-order valence-corrected chi connectivity index (χ0v) is 29.9. The first-order valence-corrected chi connectivity index (χ1v) is 19.9. The Labute approximate surface area is 266 Å². The molecule has 44 heavy (non-hydrogen) atoms. The Morgan fingerprint density at radius 2 is 1.36 bits per heavy atom. The van der Waals surface area contributed by atoms with Gasteiger partial charge < -0.3 is 9.13 Å². The molecule has 4 aromatic rings. The SMILES string of the molecule is CC1CC2C=C3C(=CC2C1[Si](C)(C)N(C(C)(C)C)C(C)(C)C)C(C)(C)c1cc(-n2c4ccccc4c4ccccc42)ccc13. The summed E-state index contributed by atoms with van der Waals surface area (Å²) in [6, 6.07) is 25.0. The van der Waals surface area contributed by atoms with Gasteiger partial charge in [-0.2, -0.15) is 0 Å². The van der Waals surface area contributed by atoms with Crippen molar-refractivity contribution in [3.8, 4) is 5.69 Å². The third-order valence-electron chi connectivity index (χ3n) is 11.4. The fourth-order valence-electron chi connectivity index (χ4n) is 11.0. The number of hydrogen-bond acceptors (Lipinski definition) is 1. The third-order valence-corrected chi connectivity index (χ3v) is 16.5. The second-order valence-electron chi connectivity index (χ2n) is 17.2. The van der Waals surface area contributed by atoms with Gasteiger partial charge in [-0.1, -0.05) is 88.5 Å². The lowest BCUT2D eigenvalue weighted by Gasteiger charge is -2.57. The number of para-hydroxylation sites is 2. The minimum atomic E-state index is -1.85. The Bertz CT molecular complexity index is 1780. The maximum Gasteiger partial charge on any atom is 0.127 e. The van der Waals surface area contributed by atoms with Crippen LogP contribution in [0.25, 0.3) is 33.1 Å². The number of allylic oxidation sites excluding steroid dienone is 4. The van der Waals surface area contributed by atoms with Crippen molar-refractivity contribution in [1.82, 2.24) is 9.13 Å². The van der Waals surface area contributed by atoms with Gasteiger partial charge in [-0.05, 0) is 118 Å². The molecule has 1 saturated carbocycles. The van der Waals surface area contributed by atoms with Crippen LogP contribution in [-0.2, 0) is 5.41 Å². The smallest absolute Gasteiger partial charge is 0.127 e. The van der Waals surface area contributed by atoms with E-state index < -0.39 is 8.24 Å². The van der Waals surface area contributed by atoms with Gasteiger partial charge in [0.1, 0.15) is 8.24 Å². The largest absolute Gasteiger partial charge is 0.314 e. The van der Waals surface area contributed by atoms with Gasteiger partial charge in [-0.3, -0.25) is 0 Å². The van der Waals surface area contributed by atoms with Crippen LogP contribution in [0.5, 0.6) is 0 Å². The van der Waals surface area contributed by atoms with E-state index in [1.807, 2.05) is 0 Å². The lowest BCUT2D eigenvalue weighted by Crippen LogP contribution is -2.67. The molecule has 3 aliphatic rings. The van der Waals surface area contributed by atoms with Crippen molar-refractivity contribution >= 4 is 35.6 Å². The van der Waals surface area contributed by atoms with Crippen LogP contribution in [0.2, 0.25) is 18.6 Å². The second-order valence-corrected chi connectivity index (χ2v) is 21.6. The van der Waals surface area contributed by atoms with Gasteiger partial charge in [0, 0.05) is 33.0 Å². The van der Waals surface area contributed by atoms with Gasteiger partial charge in [-0.15, -0.1) is 0 Å². The summed E-state index contributed by atoms with van der Waals surface area (Å²) in [6.07, 6.45) is 6.80. The predicted molar refractivity (Wildman–Crippen MR) is 193 cm³/mol. The molecular weight excluding hydrogens is 549 g/mol. The van der Waals surface area contributed by atoms with E-state index in [2.05, 4.69) is 163 Å². The first kappa shape index (κ1) is 29.8. The summed E-state index contributed by atoms with van der Waals surface area (Å²) in [5.41, 5.74) is 10.8. The van der Waals surface area contributed by atoms with E-state index in [9.17, 15) is 0 Å². The second kappa shape index (κ2) is 9.56. The fraction of sp³-hybridized carbons (Fsp3) is 0.463. The third kappa shape index (κ3) is 4.22.